The van der Waals surface area contributed by atoms with Crippen LogP contribution in [-0.4, -0.2) is 22.6 Å². The van der Waals surface area contributed by atoms with Gasteiger partial charge in [-0.25, -0.2) is 9.78 Å². The van der Waals surface area contributed by atoms with Crippen molar-refractivity contribution in [3.63, 3.8) is 0 Å². The second kappa shape index (κ2) is 5.00. The van der Waals surface area contributed by atoms with Gasteiger partial charge >= 0.3 is 5.97 Å². The van der Waals surface area contributed by atoms with Gasteiger partial charge in [-0.05, 0) is 18.8 Å². The zero-order chi connectivity index (χ0) is 13.3. The lowest BCUT2D eigenvalue weighted by Gasteiger charge is -2.08. The summed E-state index contributed by atoms with van der Waals surface area (Å²) in [6.45, 7) is 4.21. The summed E-state index contributed by atoms with van der Waals surface area (Å²) < 4.78 is 6.74. The first-order chi connectivity index (χ1) is 8.63. The van der Waals surface area contributed by atoms with E-state index in [-0.39, 0.29) is 5.69 Å². The van der Waals surface area contributed by atoms with Crippen molar-refractivity contribution in [2.24, 2.45) is 5.92 Å². The predicted molar refractivity (Wildman–Crippen MR) is 69.4 cm³/mol. The molecule has 2 rings (SSSR count). The van der Waals surface area contributed by atoms with Gasteiger partial charge in [-0.3, -0.25) is 0 Å². The molecule has 0 aromatic carbocycles. The summed E-state index contributed by atoms with van der Waals surface area (Å²) in [6.07, 6.45) is 4.30. The Bertz CT molecular complexity index is 453. The number of nitrogen functional groups attached to an aromatic ring is 1. The predicted octanol–water partition coefficient (Wildman–Crippen LogP) is 2.18. The molecule has 0 spiro atoms. The van der Waals surface area contributed by atoms with E-state index >= 15 is 0 Å². The molecule has 100 valence electrons. The van der Waals surface area contributed by atoms with Crippen molar-refractivity contribution in [3.8, 4) is 0 Å². The number of ether oxygens (including phenoxy) is 1. The summed E-state index contributed by atoms with van der Waals surface area (Å²) in [5.74, 6) is 1.58. The lowest BCUT2D eigenvalue weighted by Crippen LogP contribution is -2.09. The minimum atomic E-state index is -0.450. The molecule has 0 radical (unpaired) electrons. The molecule has 5 nitrogen and oxygen atoms in total. The third kappa shape index (κ3) is 2.09. The molecule has 1 saturated carbocycles. The molecule has 2 atom stereocenters. The van der Waals surface area contributed by atoms with Gasteiger partial charge in [0.15, 0.2) is 5.69 Å². The van der Waals surface area contributed by atoms with Gasteiger partial charge in [-0.2, -0.15) is 0 Å². The Morgan fingerprint density at radius 2 is 2.28 bits per heavy atom. The molecule has 0 aliphatic heterocycles. The second-order valence-electron chi connectivity index (χ2n) is 4.83. The summed E-state index contributed by atoms with van der Waals surface area (Å²) in [5.41, 5.74) is 6.32. The van der Waals surface area contributed by atoms with Crippen LogP contribution >= 0.6 is 0 Å². The molecule has 1 aromatic heterocycles. The Labute approximate surface area is 107 Å². The monoisotopic (exact) mass is 251 g/mol. The molecule has 2 unspecified atom stereocenters. The maximum atomic E-state index is 11.6. The average molecular weight is 251 g/mol. The van der Waals surface area contributed by atoms with Crippen molar-refractivity contribution in [2.45, 2.75) is 45.6 Å². The Kier molecular flexibility index (Phi) is 3.59. The number of anilines is 1. The van der Waals surface area contributed by atoms with Crippen LogP contribution in [0.25, 0.3) is 0 Å². The third-order valence-corrected chi connectivity index (χ3v) is 3.59. The molecule has 18 heavy (non-hydrogen) atoms. The van der Waals surface area contributed by atoms with Crippen LogP contribution in [0.15, 0.2) is 0 Å². The highest BCUT2D eigenvalue weighted by Crippen LogP contribution is 2.48. The van der Waals surface area contributed by atoms with Crippen molar-refractivity contribution < 1.29 is 9.53 Å². The van der Waals surface area contributed by atoms with Crippen LogP contribution in [0.5, 0.6) is 0 Å². The van der Waals surface area contributed by atoms with E-state index in [4.69, 9.17) is 10.5 Å². The number of aromatic nitrogens is 2. The summed E-state index contributed by atoms with van der Waals surface area (Å²) in [7, 11) is 1.35. The van der Waals surface area contributed by atoms with E-state index in [1.54, 1.807) is 0 Å². The number of hydrogen-bond donors (Lipinski definition) is 1. The molecule has 0 bridgehead atoms. The number of hydrogen-bond acceptors (Lipinski definition) is 4. The van der Waals surface area contributed by atoms with Gasteiger partial charge in [-0.15, -0.1) is 0 Å². The zero-order valence-corrected chi connectivity index (χ0v) is 11.3. The first-order valence-corrected chi connectivity index (χ1v) is 6.58. The van der Waals surface area contributed by atoms with Gasteiger partial charge in [0, 0.05) is 12.5 Å². The number of aryl methyl sites for hydroxylation is 1. The highest BCUT2D eigenvalue weighted by atomic mass is 16.5. The maximum Gasteiger partial charge on any atom is 0.360 e. The molecule has 0 saturated heterocycles. The SMILES string of the molecule is CCCC1CC1n1c(CC)nc(C(=O)OC)c1N. The quantitative estimate of drug-likeness (QED) is 0.814. The summed E-state index contributed by atoms with van der Waals surface area (Å²) >= 11 is 0. The van der Waals surface area contributed by atoms with E-state index in [0.29, 0.717) is 17.8 Å². The number of carbonyl (C=O) groups excluding carboxylic acids is 1. The van der Waals surface area contributed by atoms with E-state index < -0.39 is 5.97 Å². The lowest BCUT2D eigenvalue weighted by atomic mass is 10.2. The normalized spacial score (nSPS) is 21.9. The number of nitrogens with two attached hydrogens (primary N) is 1. The van der Waals surface area contributed by atoms with Crippen molar-refractivity contribution in [3.05, 3.63) is 11.5 Å². The van der Waals surface area contributed by atoms with E-state index in [0.717, 1.165) is 18.7 Å². The lowest BCUT2D eigenvalue weighted by molar-refractivity contribution is 0.0595. The maximum absolute atomic E-state index is 11.6. The molecular weight excluding hydrogens is 230 g/mol. The Hall–Kier alpha value is -1.52. The Morgan fingerprint density at radius 1 is 1.56 bits per heavy atom. The fraction of sp³-hybridized carbons (Fsp3) is 0.692. The molecular formula is C13H21N3O2. The Morgan fingerprint density at radius 3 is 2.83 bits per heavy atom. The van der Waals surface area contributed by atoms with Crippen LogP contribution in [-0.2, 0) is 11.2 Å². The molecule has 0 amide bonds. The van der Waals surface area contributed by atoms with E-state index in [9.17, 15) is 4.79 Å². The minimum Gasteiger partial charge on any atom is -0.464 e. The standard InChI is InChI=1S/C13H21N3O2/c1-4-6-8-7-9(8)16-10(5-2)15-11(12(16)14)13(17)18-3/h8-9H,4-7,14H2,1-3H3. The highest BCUT2D eigenvalue weighted by molar-refractivity contribution is 5.92. The molecule has 1 aliphatic rings. The van der Waals surface area contributed by atoms with Gasteiger partial charge in [0.2, 0.25) is 0 Å². The van der Waals surface area contributed by atoms with Gasteiger partial charge in [-0.1, -0.05) is 20.3 Å². The smallest absolute Gasteiger partial charge is 0.360 e. The summed E-state index contributed by atoms with van der Waals surface area (Å²) in [5, 5.41) is 0. The zero-order valence-electron chi connectivity index (χ0n) is 11.3. The van der Waals surface area contributed by atoms with Crippen LogP contribution in [0.1, 0.15) is 55.5 Å². The molecule has 1 heterocycles. The molecule has 1 fully saturated rings. The van der Waals surface area contributed by atoms with Gasteiger partial charge < -0.3 is 15.0 Å². The number of esters is 1. The minimum absolute atomic E-state index is 0.261. The van der Waals surface area contributed by atoms with E-state index in [2.05, 4.69) is 11.9 Å². The van der Waals surface area contributed by atoms with Crippen LogP contribution in [0.2, 0.25) is 0 Å². The summed E-state index contributed by atoms with van der Waals surface area (Å²) in [6, 6.07) is 0.422. The fourth-order valence-electron chi connectivity index (χ4n) is 2.59. The van der Waals surface area contributed by atoms with Crippen molar-refractivity contribution in [2.75, 3.05) is 12.8 Å². The highest BCUT2D eigenvalue weighted by Gasteiger charge is 2.40. The summed E-state index contributed by atoms with van der Waals surface area (Å²) in [4.78, 5) is 15.9. The van der Waals surface area contributed by atoms with Crippen LogP contribution in [0.3, 0.4) is 0 Å². The number of methoxy groups -OCH3 is 1. The first-order valence-electron chi connectivity index (χ1n) is 6.58. The van der Waals surface area contributed by atoms with Crippen LogP contribution in [0, 0.1) is 5.92 Å². The van der Waals surface area contributed by atoms with Crippen molar-refractivity contribution >= 4 is 11.8 Å². The number of nitrogens with zero attached hydrogens (tertiary/aromatic N) is 2. The van der Waals surface area contributed by atoms with E-state index in [1.165, 1.54) is 20.0 Å². The van der Waals surface area contributed by atoms with Gasteiger partial charge in [0.25, 0.3) is 0 Å². The molecule has 5 heteroatoms. The van der Waals surface area contributed by atoms with E-state index in [1.807, 2.05) is 11.5 Å². The number of imidazole rings is 1. The fourth-order valence-corrected chi connectivity index (χ4v) is 2.59. The third-order valence-electron chi connectivity index (χ3n) is 3.59. The molecule has 2 N–H and O–H groups in total. The molecule has 1 aliphatic carbocycles. The van der Waals surface area contributed by atoms with Gasteiger partial charge in [0.1, 0.15) is 11.6 Å². The molecule has 1 aromatic rings. The average Bonchev–Trinajstić information content (AvgIpc) is 3.04. The number of rotatable bonds is 5. The van der Waals surface area contributed by atoms with Crippen LogP contribution < -0.4 is 5.73 Å². The second-order valence-corrected chi connectivity index (χ2v) is 4.83. The van der Waals surface area contributed by atoms with Crippen LogP contribution in [0.4, 0.5) is 5.82 Å². The van der Waals surface area contributed by atoms with Gasteiger partial charge in [0.05, 0.1) is 7.11 Å². The first kappa shape index (κ1) is 12.9. The Balaban J connectivity index is 2.29. The van der Waals surface area contributed by atoms with Crippen molar-refractivity contribution in [1.29, 1.82) is 0 Å². The largest absolute Gasteiger partial charge is 0.464 e. The number of carbonyl (C=O) groups is 1. The topological polar surface area (TPSA) is 70.1 Å². The van der Waals surface area contributed by atoms with Crippen molar-refractivity contribution in [1.82, 2.24) is 9.55 Å².